The van der Waals surface area contributed by atoms with E-state index in [1.807, 2.05) is 41.9 Å². The highest BCUT2D eigenvalue weighted by Gasteiger charge is 2.09. The van der Waals surface area contributed by atoms with Gasteiger partial charge in [0.25, 0.3) is 0 Å². The van der Waals surface area contributed by atoms with E-state index < -0.39 is 0 Å². The van der Waals surface area contributed by atoms with Crippen LogP contribution in [0.4, 0.5) is 16.4 Å². The molecule has 0 spiro atoms. The van der Waals surface area contributed by atoms with E-state index in [1.54, 1.807) is 17.5 Å². The molecule has 5 nitrogen and oxygen atoms in total. The number of hydrogen-bond acceptors (Lipinski definition) is 5. The van der Waals surface area contributed by atoms with Gasteiger partial charge in [-0.25, -0.2) is 14.8 Å². The zero-order chi connectivity index (χ0) is 14.7. The molecule has 3 rings (SSSR count). The van der Waals surface area contributed by atoms with Gasteiger partial charge in [0.2, 0.25) is 0 Å². The third-order valence-electron chi connectivity index (χ3n) is 2.72. The van der Waals surface area contributed by atoms with E-state index in [9.17, 15) is 4.79 Å². The largest absolute Gasteiger partial charge is 0.326 e. The molecule has 0 saturated heterocycles. The van der Waals surface area contributed by atoms with Gasteiger partial charge in [-0.1, -0.05) is 12.1 Å². The Kier molecular flexibility index (Phi) is 3.94. The normalized spacial score (nSPS) is 10.3. The van der Waals surface area contributed by atoms with Crippen molar-refractivity contribution in [1.82, 2.24) is 9.97 Å². The van der Waals surface area contributed by atoms with Crippen LogP contribution >= 0.6 is 22.7 Å². The molecule has 3 aromatic heterocycles. The molecule has 2 amide bonds. The maximum atomic E-state index is 11.9. The molecule has 3 heterocycles. The molecule has 106 valence electrons. The number of amides is 2. The zero-order valence-corrected chi connectivity index (χ0v) is 12.8. The number of anilines is 2. The molecule has 0 saturated carbocycles. The van der Waals surface area contributed by atoms with Crippen LogP contribution in [0.1, 0.15) is 5.56 Å². The zero-order valence-electron chi connectivity index (χ0n) is 11.2. The van der Waals surface area contributed by atoms with Crippen LogP contribution in [0.25, 0.3) is 9.88 Å². The van der Waals surface area contributed by atoms with Crippen LogP contribution in [-0.2, 0) is 0 Å². The van der Waals surface area contributed by atoms with Crippen molar-refractivity contribution >= 4 is 40.3 Å². The highest BCUT2D eigenvalue weighted by Crippen LogP contribution is 2.29. The summed E-state index contributed by atoms with van der Waals surface area (Å²) in [5.74, 6) is 1.08. The first-order chi connectivity index (χ1) is 10.2. The summed E-state index contributed by atoms with van der Waals surface area (Å²) < 4.78 is 0. The maximum Gasteiger partial charge on any atom is 0.326 e. The fraction of sp³-hybridized carbons (Fsp3) is 0.0714. The number of nitrogens with zero attached hydrogens (tertiary/aromatic N) is 2. The number of thiazole rings is 1. The van der Waals surface area contributed by atoms with E-state index in [2.05, 4.69) is 20.6 Å². The van der Waals surface area contributed by atoms with Crippen molar-refractivity contribution < 1.29 is 4.79 Å². The minimum atomic E-state index is -0.347. The fourth-order valence-corrected chi connectivity index (χ4v) is 3.28. The van der Waals surface area contributed by atoms with Crippen LogP contribution < -0.4 is 10.6 Å². The van der Waals surface area contributed by atoms with Gasteiger partial charge in [0.1, 0.15) is 16.6 Å². The molecule has 0 atom stereocenters. The van der Waals surface area contributed by atoms with E-state index in [0.717, 1.165) is 15.4 Å². The first kappa shape index (κ1) is 13.7. The number of aromatic nitrogens is 2. The molecule has 0 radical (unpaired) electrons. The first-order valence-electron chi connectivity index (χ1n) is 6.21. The molecule has 7 heteroatoms. The van der Waals surface area contributed by atoms with E-state index in [4.69, 9.17) is 0 Å². The third-order valence-corrected chi connectivity index (χ3v) is 4.60. The predicted molar refractivity (Wildman–Crippen MR) is 87.0 cm³/mol. The van der Waals surface area contributed by atoms with Gasteiger partial charge in [-0.3, -0.25) is 10.6 Å². The second-order valence-corrected chi connectivity index (χ2v) is 6.07. The number of aryl methyl sites for hydroxylation is 1. The molecular formula is C14H12N4OS2. The number of carbonyl (C=O) groups excluding carboxylic acids is 1. The highest BCUT2D eigenvalue weighted by atomic mass is 32.1. The molecule has 0 fully saturated rings. The topological polar surface area (TPSA) is 66.9 Å². The average molecular weight is 316 g/mol. The molecule has 3 aromatic rings. The van der Waals surface area contributed by atoms with Gasteiger partial charge in [0.15, 0.2) is 0 Å². The Balaban J connectivity index is 1.67. The van der Waals surface area contributed by atoms with Crippen LogP contribution in [-0.4, -0.2) is 16.0 Å². The smallest absolute Gasteiger partial charge is 0.292 e. The predicted octanol–water partition coefficient (Wildman–Crippen LogP) is 4.22. The fourth-order valence-electron chi connectivity index (χ4n) is 1.72. The van der Waals surface area contributed by atoms with Crippen molar-refractivity contribution in [2.75, 3.05) is 10.6 Å². The van der Waals surface area contributed by atoms with Gasteiger partial charge in [-0.2, -0.15) is 0 Å². The Bertz CT molecular complexity index is 752. The number of nitrogens with one attached hydrogen (secondary N) is 2. The van der Waals surface area contributed by atoms with E-state index in [-0.39, 0.29) is 6.03 Å². The second kappa shape index (κ2) is 6.02. The number of urea groups is 1. The quantitative estimate of drug-likeness (QED) is 0.760. The molecular weight excluding hydrogens is 304 g/mol. The van der Waals surface area contributed by atoms with Crippen molar-refractivity contribution in [3.63, 3.8) is 0 Å². The van der Waals surface area contributed by atoms with Gasteiger partial charge in [-0.15, -0.1) is 22.7 Å². The summed E-state index contributed by atoms with van der Waals surface area (Å²) in [6.07, 6.45) is 1.64. The average Bonchev–Trinajstić information content (AvgIpc) is 3.12. The number of hydrogen-bond donors (Lipinski definition) is 2. The highest BCUT2D eigenvalue weighted by molar-refractivity contribution is 7.20. The molecule has 0 aliphatic rings. The monoisotopic (exact) mass is 316 g/mol. The Morgan fingerprint density at radius 1 is 1.19 bits per heavy atom. The summed E-state index contributed by atoms with van der Waals surface area (Å²) in [6.45, 7) is 1.89. The van der Waals surface area contributed by atoms with Gasteiger partial charge >= 0.3 is 6.03 Å². The van der Waals surface area contributed by atoms with Gasteiger partial charge < -0.3 is 0 Å². The molecule has 2 N–H and O–H groups in total. The lowest BCUT2D eigenvalue weighted by atomic mass is 10.3. The molecule has 21 heavy (non-hydrogen) atoms. The van der Waals surface area contributed by atoms with E-state index >= 15 is 0 Å². The minimum Gasteiger partial charge on any atom is -0.292 e. The summed E-state index contributed by atoms with van der Waals surface area (Å²) >= 11 is 3.12. The Labute approximate surface area is 129 Å². The standard InChI is InChI=1S/C14H12N4OS2/c1-9-4-2-6-15-12(9)18-14(19)17-11-8-21-13(16-11)10-5-3-7-20-10/h2-8H,1H3,(H2,15,17,18,19). The summed E-state index contributed by atoms with van der Waals surface area (Å²) in [7, 11) is 0. The van der Waals surface area contributed by atoms with Crippen LogP contribution in [0.5, 0.6) is 0 Å². The molecule has 0 aliphatic heterocycles. The SMILES string of the molecule is Cc1cccnc1NC(=O)Nc1csc(-c2cccs2)n1. The summed E-state index contributed by atoms with van der Waals surface area (Å²) in [4.78, 5) is 21.5. The number of carbonyl (C=O) groups is 1. The van der Waals surface area contributed by atoms with Crippen molar-refractivity contribution in [2.24, 2.45) is 0 Å². The van der Waals surface area contributed by atoms with Crippen molar-refractivity contribution in [3.05, 3.63) is 46.8 Å². The van der Waals surface area contributed by atoms with Crippen molar-refractivity contribution in [2.45, 2.75) is 6.92 Å². The van der Waals surface area contributed by atoms with Crippen LogP contribution in [0.3, 0.4) is 0 Å². The number of pyridine rings is 1. The van der Waals surface area contributed by atoms with Gasteiger partial charge in [0.05, 0.1) is 4.88 Å². The minimum absolute atomic E-state index is 0.347. The van der Waals surface area contributed by atoms with Crippen LogP contribution in [0, 0.1) is 6.92 Å². The lowest BCUT2D eigenvalue weighted by molar-refractivity contribution is 0.262. The van der Waals surface area contributed by atoms with Crippen molar-refractivity contribution in [1.29, 1.82) is 0 Å². The number of thiophene rings is 1. The molecule has 0 aliphatic carbocycles. The lowest BCUT2D eigenvalue weighted by Crippen LogP contribution is -2.20. The van der Waals surface area contributed by atoms with Crippen LogP contribution in [0.2, 0.25) is 0 Å². The Morgan fingerprint density at radius 2 is 2.10 bits per heavy atom. The summed E-state index contributed by atoms with van der Waals surface area (Å²) in [5, 5.41) is 10.1. The Morgan fingerprint density at radius 3 is 2.86 bits per heavy atom. The molecule has 0 bridgehead atoms. The Hall–Kier alpha value is -2.25. The third kappa shape index (κ3) is 3.26. The second-order valence-electron chi connectivity index (χ2n) is 4.26. The first-order valence-corrected chi connectivity index (χ1v) is 7.97. The van der Waals surface area contributed by atoms with Crippen molar-refractivity contribution in [3.8, 4) is 9.88 Å². The summed E-state index contributed by atoms with van der Waals surface area (Å²) in [5.41, 5.74) is 0.908. The lowest BCUT2D eigenvalue weighted by Gasteiger charge is -2.06. The molecule has 0 aromatic carbocycles. The van der Waals surface area contributed by atoms with Crippen LogP contribution in [0.15, 0.2) is 41.2 Å². The van der Waals surface area contributed by atoms with Gasteiger partial charge in [-0.05, 0) is 30.0 Å². The van der Waals surface area contributed by atoms with E-state index in [0.29, 0.717) is 11.6 Å². The maximum absolute atomic E-state index is 11.9. The number of rotatable bonds is 3. The van der Waals surface area contributed by atoms with E-state index in [1.165, 1.54) is 11.3 Å². The summed E-state index contributed by atoms with van der Waals surface area (Å²) in [6, 6.07) is 7.35. The van der Waals surface area contributed by atoms with Gasteiger partial charge in [0, 0.05) is 11.6 Å². The molecule has 0 unspecified atom stereocenters.